The van der Waals surface area contributed by atoms with Crippen LogP contribution in [-0.4, -0.2) is 37.7 Å². The zero-order valence-electron chi connectivity index (χ0n) is 19.6. The lowest BCUT2D eigenvalue weighted by Gasteiger charge is -2.17. The van der Waals surface area contributed by atoms with Gasteiger partial charge in [0.25, 0.3) is 5.91 Å². The van der Waals surface area contributed by atoms with Gasteiger partial charge in [0.15, 0.2) is 12.6 Å². The number of rotatable bonds is 12. The van der Waals surface area contributed by atoms with E-state index in [0.29, 0.717) is 12.3 Å². The van der Waals surface area contributed by atoms with Gasteiger partial charge in [-0.2, -0.15) is 0 Å². The minimum atomic E-state index is -0.488. The summed E-state index contributed by atoms with van der Waals surface area (Å²) < 4.78 is 11.4. The summed E-state index contributed by atoms with van der Waals surface area (Å²) in [5, 5.41) is 6.68. The fraction of sp³-hybridized carbons (Fsp3) is 0.440. The van der Waals surface area contributed by atoms with Crippen molar-refractivity contribution in [2.45, 2.75) is 53.2 Å². The Morgan fingerprint density at radius 3 is 2.53 bits per heavy atom. The summed E-state index contributed by atoms with van der Waals surface area (Å²) in [4.78, 5) is 15.5. The van der Waals surface area contributed by atoms with Crippen LogP contribution < -0.4 is 25.8 Å². The first-order valence-electron chi connectivity index (χ1n) is 11.2. The van der Waals surface area contributed by atoms with E-state index in [0.717, 1.165) is 48.8 Å². The SMILES string of the molecule is CCNC(=NCc1ccc(C)cc1OC(C)CC)NCCc1ccc(OCC(N)=O)cc1. The van der Waals surface area contributed by atoms with Crippen LogP contribution in [0.2, 0.25) is 0 Å². The Morgan fingerprint density at radius 1 is 1.12 bits per heavy atom. The van der Waals surface area contributed by atoms with Crippen LogP contribution in [-0.2, 0) is 17.8 Å². The Kier molecular flexibility index (Phi) is 10.4. The highest BCUT2D eigenvalue weighted by molar-refractivity contribution is 5.79. The molecule has 0 bridgehead atoms. The van der Waals surface area contributed by atoms with Crippen LogP contribution in [0.3, 0.4) is 0 Å². The molecule has 0 saturated carbocycles. The Hall–Kier alpha value is -3.22. The molecule has 4 N–H and O–H groups in total. The van der Waals surface area contributed by atoms with E-state index in [-0.39, 0.29) is 12.7 Å². The van der Waals surface area contributed by atoms with Crippen LogP contribution in [0.5, 0.6) is 11.5 Å². The number of benzene rings is 2. The van der Waals surface area contributed by atoms with E-state index in [1.54, 1.807) is 0 Å². The molecule has 0 heterocycles. The second-order valence-electron chi connectivity index (χ2n) is 7.72. The molecule has 2 aromatic carbocycles. The van der Waals surface area contributed by atoms with E-state index in [1.807, 2.05) is 31.2 Å². The first kappa shape index (κ1) is 25.0. The molecule has 1 atom stereocenters. The average molecular weight is 441 g/mol. The van der Waals surface area contributed by atoms with Gasteiger partial charge in [-0.25, -0.2) is 4.99 Å². The number of primary amides is 1. The maximum Gasteiger partial charge on any atom is 0.255 e. The number of carbonyl (C=O) groups excluding carboxylic acids is 1. The molecule has 7 nitrogen and oxygen atoms in total. The second-order valence-corrected chi connectivity index (χ2v) is 7.72. The van der Waals surface area contributed by atoms with E-state index < -0.39 is 5.91 Å². The predicted octanol–water partition coefficient (Wildman–Crippen LogP) is 3.33. The fourth-order valence-corrected chi connectivity index (χ4v) is 2.94. The zero-order valence-corrected chi connectivity index (χ0v) is 19.6. The number of guanidine groups is 1. The van der Waals surface area contributed by atoms with Crippen LogP contribution in [0.1, 0.15) is 43.9 Å². The van der Waals surface area contributed by atoms with Crippen LogP contribution in [0.25, 0.3) is 0 Å². The molecule has 0 fully saturated rings. The second kappa shape index (κ2) is 13.2. The molecule has 2 aromatic rings. The maximum absolute atomic E-state index is 10.8. The summed E-state index contributed by atoms with van der Waals surface area (Å²) in [5.74, 6) is 1.81. The van der Waals surface area contributed by atoms with Crippen molar-refractivity contribution in [3.63, 3.8) is 0 Å². The lowest BCUT2D eigenvalue weighted by atomic mass is 10.1. The molecule has 2 rings (SSSR count). The number of aliphatic imine (C=N–C) groups is 1. The molecular formula is C25H36N4O3. The number of ether oxygens (including phenoxy) is 2. The van der Waals surface area contributed by atoms with Crippen LogP contribution in [0.15, 0.2) is 47.5 Å². The zero-order chi connectivity index (χ0) is 23.3. The molecule has 1 unspecified atom stereocenters. The number of aryl methyl sites for hydroxylation is 1. The van der Waals surface area contributed by atoms with Gasteiger partial charge >= 0.3 is 0 Å². The van der Waals surface area contributed by atoms with Crippen molar-refractivity contribution < 1.29 is 14.3 Å². The molecule has 0 aromatic heterocycles. The van der Waals surface area contributed by atoms with Crippen molar-refractivity contribution in [3.05, 3.63) is 59.2 Å². The minimum Gasteiger partial charge on any atom is -0.490 e. The van der Waals surface area contributed by atoms with Crippen molar-refractivity contribution in [3.8, 4) is 11.5 Å². The largest absolute Gasteiger partial charge is 0.490 e. The maximum atomic E-state index is 10.8. The quantitative estimate of drug-likeness (QED) is 0.347. The van der Waals surface area contributed by atoms with Gasteiger partial charge in [-0.1, -0.05) is 31.2 Å². The lowest BCUT2D eigenvalue weighted by molar-refractivity contribution is -0.119. The molecule has 32 heavy (non-hydrogen) atoms. The summed E-state index contributed by atoms with van der Waals surface area (Å²) in [7, 11) is 0. The summed E-state index contributed by atoms with van der Waals surface area (Å²) >= 11 is 0. The molecule has 0 saturated heterocycles. The van der Waals surface area contributed by atoms with E-state index in [9.17, 15) is 4.79 Å². The van der Waals surface area contributed by atoms with E-state index >= 15 is 0 Å². The summed E-state index contributed by atoms with van der Waals surface area (Å²) in [6, 6.07) is 13.9. The third-order valence-corrected chi connectivity index (χ3v) is 4.89. The van der Waals surface area contributed by atoms with Crippen LogP contribution in [0.4, 0.5) is 0 Å². The van der Waals surface area contributed by atoms with Gasteiger partial charge in [0.2, 0.25) is 0 Å². The van der Waals surface area contributed by atoms with Gasteiger partial charge in [0.1, 0.15) is 11.5 Å². The Bertz CT molecular complexity index is 881. The van der Waals surface area contributed by atoms with E-state index in [1.165, 1.54) is 5.56 Å². The molecule has 0 radical (unpaired) electrons. The van der Waals surface area contributed by atoms with Crippen LogP contribution >= 0.6 is 0 Å². The highest BCUT2D eigenvalue weighted by Crippen LogP contribution is 2.23. The van der Waals surface area contributed by atoms with Gasteiger partial charge in [0, 0.05) is 18.7 Å². The number of nitrogens with zero attached hydrogens (tertiary/aromatic N) is 1. The molecule has 0 spiro atoms. The normalized spacial score (nSPS) is 12.2. The van der Waals surface area contributed by atoms with Gasteiger partial charge in [0.05, 0.1) is 12.6 Å². The van der Waals surface area contributed by atoms with Crippen molar-refractivity contribution in [1.82, 2.24) is 10.6 Å². The van der Waals surface area contributed by atoms with Gasteiger partial charge in [-0.15, -0.1) is 0 Å². The highest BCUT2D eigenvalue weighted by atomic mass is 16.5. The third-order valence-electron chi connectivity index (χ3n) is 4.89. The summed E-state index contributed by atoms with van der Waals surface area (Å²) in [6.45, 7) is 10.2. The number of amides is 1. The predicted molar refractivity (Wildman–Crippen MR) is 129 cm³/mol. The van der Waals surface area contributed by atoms with E-state index in [2.05, 4.69) is 49.6 Å². The summed E-state index contributed by atoms with van der Waals surface area (Å²) in [6.07, 6.45) is 1.95. The Morgan fingerprint density at radius 2 is 1.88 bits per heavy atom. The van der Waals surface area contributed by atoms with Gasteiger partial charge < -0.3 is 25.8 Å². The molecule has 0 aliphatic carbocycles. The van der Waals surface area contributed by atoms with Crippen LogP contribution in [0, 0.1) is 6.92 Å². The monoisotopic (exact) mass is 440 g/mol. The summed E-state index contributed by atoms with van der Waals surface area (Å²) in [5.41, 5.74) is 8.49. The first-order chi connectivity index (χ1) is 15.4. The Labute approximate surface area is 191 Å². The van der Waals surface area contributed by atoms with E-state index in [4.69, 9.17) is 20.2 Å². The Balaban J connectivity index is 1.94. The molecule has 0 aliphatic heterocycles. The lowest BCUT2D eigenvalue weighted by Crippen LogP contribution is -2.38. The highest BCUT2D eigenvalue weighted by Gasteiger charge is 2.08. The number of carbonyl (C=O) groups is 1. The molecule has 174 valence electrons. The number of nitrogens with two attached hydrogens (primary N) is 1. The first-order valence-corrected chi connectivity index (χ1v) is 11.2. The standard InChI is InChI=1S/C25H36N4O3/c1-5-19(4)32-23-15-18(3)7-10-21(23)16-29-25(27-6-2)28-14-13-20-8-11-22(12-9-20)31-17-24(26)30/h7-12,15,19H,5-6,13-14,16-17H2,1-4H3,(H2,26,30)(H2,27,28,29). The number of hydrogen-bond acceptors (Lipinski definition) is 4. The van der Waals surface area contributed by atoms with Crippen molar-refractivity contribution >= 4 is 11.9 Å². The van der Waals surface area contributed by atoms with Crippen molar-refractivity contribution in [1.29, 1.82) is 0 Å². The smallest absolute Gasteiger partial charge is 0.255 e. The molecular weight excluding hydrogens is 404 g/mol. The molecule has 0 aliphatic rings. The molecule has 1 amide bonds. The number of hydrogen-bond donors (Lipinski definition) is 3. The fourth-order valence-electron chi connectivity index (χ4n) is 2.94. The average Bonchev–Trinajstić information content (AvgIpc) is 2.77. The van der Waals surface area contributed by atoms with Gasteiger partial charge in [-0.05, 0) is 62.9 Å². The molecule has 7 heteroatoms. The number of nitrogens with one attached hydrogen (secondary N) is 2. The van der Waals surface area contributed by atoms with Crippen molar-refractivity contribution in [2.75, 3.05) is 19.7 Å². The van der Waals surface area contributed by atoms with Gasteiger partial charge in [-0.3, -0.25) is 4.79 Å². The minimum absolute atomic E-state index is 0.117. The van der Waals surface area contributed by atoms with Crippen molar-refractivity contribution in [2.24, 2.45) is 10.7 Å². The third kappa shape index (κ3) is 8.88. The topological polar surface area (TPSA) is 98.0 Å².